The van der Waals surface area contributed by atoms with Crippen molar-refractivity contribution in [3.8, 4) is 0 Å². The van der Waals surface area contributed by atoms with E-state index in [1.54, 1.807) is 42.6 Å². The van der Waals surface area contributed by atoms with Gasteiger partial charge in [0.05, 0.1) is 22.2 Å². The monoisotopic (exact) mass is 471 g/mol. The van der Waals surface area contributed by atoms with Gasteiger partial charge in [-0.15, -0.1) is 0 Å². The topological polar surface area (TPSA) is 139 Å². The second-order valence-corrected chi connectivity index (χ2v) is 9.40. The van der Waals surface area contributed by atoms with Crippen molar-refractivity contribution in [2.75, 3.05) is 10.0 Å². The number of amidine groups is 1. The number of fused-ring (bicyclic) bond motifs is 2. The number of rotatable bonds is 6. The lowest BCUT2D eigenvalue weighted by molar-refractivity contribution is 0.602. The molecule has 0 fully saturated rings. The predicted molar refractivity (Wildman–Crippen MR) is 134 cm³/mol. The number of hydrogen-bond donors (Lipinski definition) is 4. The molecule has 5 rings (SSSR count). The summed E-state index contributed by atoms with van der Waals surface area (Å²) in [5.74, 6) is 0.590. The van der Waals surface area contributed by atoms with Crippen molar-refractivity contribution in [1.82, 2.24) is 14.5 Å². The van der Waals surface area contributed by atoms with Gasteiger partial charge in [-0.3, -0.25) is 15.1 Å². The first-order chi connectivity index (χ1) is 16.3. The highest BCUT2D eigenvalue weighted by molar-refractivity contribution is 7.93. The molecule has 0 aliphatic heterocycles. The summed E-state index contributed by atoms with van der Waals surface area (Å²) >= 11 is 0. The number of imidazole rings is 1. The van der Waals surface area contributed by atoms with Gasteiger partial charge in [0.25, 0.3) is 10.0 Å². The molecule has 5 aromatic rings. The van der Waals surface area contributed by atoms with E-state index in [1.165, 1.54) is 6.07 Å². The highest BCUT2D eigenvalue weighted by Crippen LogP contribution is 2.27. The van der Waals surface area contributed by atoms with E-state index in [0.29, 0.717) is 28.2 Å². The molecular weight excluding hydrogens is 450 g/mol. The van der Waals surface area contributed by atoms with Gasteiger partial charge >= 0.3 is 0 Å². The molecule has 2 heterocycles. The Bertz CT molecular complexity index is 1650. The molecule has 2 aromatic heterocycles. The number of pyridine rings is 1. The first-order valence-corrected chi connectivity index (χ1v) is 11.8. The van der Waals surface area contributed by atoms with Gasteiger partial charge < -0.3 is 15.6 Å². The molecule has 0 saturated carbocycles. The molecule has 9 nitrogen and oxygen atoms in total. The van der Waals surface area contributed by atoms with E-state index in [-0.39, 0.29) is 10.7 Å². The lowest BCUT2D eigenvalue weighted by atomic mass is 10.2. The van der Waals surface area contributed by atoms with Crippen LogP contribution in [0.1, 0.15) is 5.56 Å². The van der Waals surface area contributed by atoms with Crippen molar-refractivity contribution in [3.63, 3.8) is 0 Å². The van der Waals surface area contributed by atoms with Crippen LogP contribution in [-0.4, -0.2) is 28.8 Å². The van der Waals surface area contributed by atoms with Gasteiger partial charge in [-0.2, -0.15) is 0 Å². The van der Waals surface area contributed by atoms with Crippen LogP contribution in [0.15, 0.2) is 83.9 Å². The number of benzene rings is 3. The van der Waals surface area contributed by atoms with Gasteiger partial charge in [0, 0.05) is 29.9 Å². The standard InChI is InChI=1S/C24H21N7O2S/c1-31-20-12-11-18(30-34(32,33)21-6-2-4-15-5-3-13-27-22(15)21)14-19(20)29-24(31)28-17-9-7-16(8-10-17)23(25)26/h2-14,30H,1H3,(H3,25,26)(H,28,29). The smallest absolute Gasteiger partial charge is 0.264 e. The van der Waals surface area contributed by atoms with Crippen LogP contribution < -0.4 is 15.8 Å². The van der Waals surface area contributed by atoms with E-state index >= 15 is 0 Å². The molecule has 0 spiro atoms. The second-order valence-electron chi connectivity index (χ2n) is 7.75. The Hall–Kier alpha value is -4.44. The summed E-state index contributed by atoms with van der Waals surface area (Å²) in [5, 5.41) is 11.5. The maximum Gasteiger partial charge on any atom is 0.264 e. The average molecular weight is 472 g/mol. The van der Waals surface area contributed by atoms with Crippen molar-refractivity contribution in [1.29, 1.82) is 5.41 Å². The van der Waals surface area contributed by atoms with Gasteiger partial charge in [-0.05, 0) is 54.6 Å². The fraction of sp³-hybridized carbons (Fsp3) is 0.0417. The third-order valence-electron chi connectivity index (χ3n) is 5.47. The number of nitrogens with zero attached hydrogens (tertiary/aromatic N) is 3. The molecule has 0 unspecified atom stereocenters. The SMILES string of the molecule is Cn1c(Nc2ccc(C(=N)N)cc2)nc2cc(NS(=O)(=O)c3cccc4cccnc34)ccc21. The Balaban J connectivity index is 1.44. The van der Waals surface area contributed by atoms with Crippen molar-refractivity contribution in [3.05, 3.63) is 84.6 Å². The van der Waals surface area contributed by atoms with Gasteiger partial charge in [0.2, 0.25) is 5.95 Å². The average Bonchev–Trinajstić information content (AvgIpc) is 3.13. The third-order valence-corrected chi connectivity index (χ3v) is 6.88. The molecule has 0 radical (unpaired) electrons. The summed E-state index contributed by atoms with van der Waals surface area (Å²) < 4.78 is 30.8. The minimum absolute atomic E-state index is 0.00328. The Morgan fingerprint density at radius 2 is 1.74 bits per heavy atom. The van der Waals surface area contributed by atoms with Crippen LogP contribution in [0.4, 0.5) is 17.3 Å². The summed E-state index contributed by atoms with van der Waals surface area (Å²) in [6.07, 6.45) is 1.57. The summed E-state index contributed by atoms with van der Waals surface area (Å²) in [4.78, 5) is 8.98. The van der Waals surface area contributed by atoms with Gasteiger partial charge in [0.1, 0.15) is 10.7 Å². The summed E-state index contributed by atoms with van der Waals surface area (Å²) in [6, 6.07) is 21.0. The van der Waals surface area contributed by atoms with Gasteiger partial charge in [0.15, 0.2) is 0 Å². The van der Waals surface area contributed by atoms with E-state index in [0.717, 1.165) is 16.6 Å². The number of para-hydroxylation sites is 1. The number of nitrogens with two attached hydrogens (primary N) is 1. The summed E-state index contributed by atoms with van der Waals surface area (Å²) in [7, 11) is -1.99. The molecule has 0 amide bonds. The van der Waals surface area contributed by atoms with Crippen LogP contribution in [0, 0.1) is 5.41 Å². The fourth-order valence-corrected chi connectivity index (χ4v) is 4.97. The van der Waals surface area contributed by atoms with Gasteiger partial charge in [-0.25, -0.2) is 13.4 Å². The molecule has 0 bridgehead atoms. The number of aryl methyl sites for hydroxylation is 1. The largest absolute Gasteiger partial charge is 0.384 e. The molecule has 0 aliphatic carbocycles. The predicted octanol–water partition coefficient (Wildman–Crippen LogP) is 3.95. The lowest BCUT2D eigenvalue weighted by Gasteiger charge is -2.10. The Kier molecular flexibility index (Phi) is 5.14. The van der Waals surface area contributed by atoms with Crippen molar-refractivity contribution >= 4 is 55.1 Å². The Morgan fingerprint density at radius 1 is 1.00 bits per heavy atom. The minimum atomic E-state index is -3.86. The van der Waals surface area contributed by atoms with E-state index in [1.807, 2.05) is 41.9 Å². The zero-order valence-electron chi connectivity index (χ0n) is 18.1. The van der Waals surface area contributed by atoms with Gasteiger partial charge in [-0.1, -0.05) is 18.2 Å². The van der Waals surface area contributed by atoms with E-state index in [4.69, 9.17) is 11.1 Å². The first-order valence-electron chi connectivity index (χ1n) is 10.4. The lowest BCUT2D eigenvalue weighted by Crippen LogP contribution is -2.13. The molecule has 34 heavy (non-hydrogen) atoms. The summed E-state index contributed by atoms with van der Waals surface area (Å²) in [5.41, 5.74) is 9.20. The van der Waals surface area contributed by atoms with E-state index in [2.05, 4.69) is 20.0 Å². The molecule has 5 N–H and O–H groups in total. The first kappa shape index (κ1) is 21.4. The molecule has 0 saturated heterocycles. The van der Waals surface area contributed by atoms with Crippen molar-refractivity contribution in [2.45, 2.75) is 4.90 Å². The Labute approximate surface area is 195 Å². The van der Waals surface area contributed by atoms with Crippen LogP contribution in [0.2, 0.25) is 0 Å². The van der Waals surface area contributed by atoms with Crippen LogP contribution in [0.25, 0.3) is 21.9 Å². The van der Waals surface area contributed by atoms with Crippen LogP contribution >= 0.6 is 0 Å². The zero-order valence-corrected chi connectivity index (χ0v) is 19.0. The minimum Gasteiger partial charge on any atom is -0.384 e. The molecule has 10 heteroatoms. The fourth-order valence-electron chi connectivity index (χ4n) is 3.74. The number of anilines is 3. The molecule has 0 atom stereocenters. The molecule has 170 valence electrons. The van der Waals surface area contributed by atoms with Crippen LogP contribution in [0.3, 0.4) is 0 Å². The highest BCUT2D eigenvalue weighted by Gasteiger charge is 2.19. The highest BCUT2D eigenvalue weighted by atomic mass is 32.2. The maximum atomic E-state index is 13.1. The number of sulfonamides is 1. The van der Waals surface area contributed by atoms with Crippen LogP contribution in [0.5, 0.6) is 0 Å². The number of nitrogens with one attached hydrogen (secondary N) is 3. The third kappa shape index (κ3) is 3.90. The summed E-state index contributed by atoms with van der Waals surface area (Å²) in [6.45, 7) is 0. The second kappa shape index (κ2) is 8.16. The van der Waals surface area contributed by atoms with Crippen molar-refractivity contribution in [2.24, 2.45) is 12.8 Å². The number of aromatic nitrogens is 3. The molecule has 3 aromatic carbocycles. The number of hydrogen-bond acceptors (Lipinski definition) is 6. The van der Waals surface area contributed by atoms with Crippen molar-refractivity contribution < 1.29 is 8.42 Å². The Morgan fingerprint density at radius 3 is 2.50 bits per heavy atom. The number of nitrogen functional groups attached to an aromatic ring is 1. The van der Waals surface area contributed by atoms with E-state index < -0.39 is 10.0 Å². The van der Waals surface area contributed by atoms with E-state index in [9.17, 15) is 8.42 Å². The molecular formula is C24H21N7O2S. The normalized spacial score (nSPS) is 11.6. The van der Waals surface area contributed by atoms with Crippen LogP contribution in [-0.2, 0) is 17.1 Å². The quantitative estimate of drug-likeness (QED) is 0.218. The maximum absolute atomic E-state index is 13.1. The zero-order chi connectivity index (χ0) is 23.9. The molecule has 0 aliphatic rings.